The number of nitrogens with one attached hydrogen (secondary N) is 2. The molecule has 0 spiro atoms. The third-order valence-electron chi connectivity index (χ3n) is 6.94. The zero-order chi connectivity index (χ0) is 22.1. The number of benzene rings is 2. The maximum absolute atomic E-state index is 12.7. The van der Waals surface area contributed by atoms with E-state index in [0.29, 0.717) is 44.8 Å². The highest BCUT2D eigenvalue weighted by atomic mass is 16.5. The Kier molecular flexibility index (Phi) is 5.43. The molecule has 3 heterocycles. The molecular formula is C25H27N3O4. The first-order valence-electron chi connectivity index (χ1n) is 11.2. The van der Waals surface area contributed by atoms with Crippen molar-refractivity contribution in [2.24, 2.45) is 0 Å². The highest BCUT2D eigenvalue weighted by Crippen LogP contribution is 2.39. The van der Waals surface area contributed by atoms with Crippen molar-refractivity contribution in [1.29, 1.82) is 0 Å². The maximum Gasteiger partial charge on any atom is 0.313 e. The highest BCUT2D eigenvalue weighted by molar-refractivity contribution is 6.39. The molecule has 0 bridgehead atoms. The number of aryl methyl sites for hydroxylation is 1. The SMILES string of the molecule is O=C(NCC1(c2ccccc2)CCOCC1)C(=O)Nc1cc2c3c(c1)CCN3C(=O)CC2. The van der Waals surface area contributed by atoms with Crippen molar-refractivity contribution >= 4 is 29.1 Å². The summed E-state index contributed by atoms with van der Waals surface area (Å²) in [4.78, 5) is 39.2. The molecule has 0 saturated carbocycles. The molecule has 0 aromatic heterocycles. The van der Waals surface area contributed by atoms with E-state index in [-0.39, 0.29) is 11.3 Å². The summed E-state index contributed by atoms with van der Waals surface area (Å²) in [6.07, 6.45) is 3.50. The van der Waals surface area contributed by atoms with Gasteiger partial charge in [0.05, 0.1) is 5.69 Å². The van der Waals surface area contributed by atoms with Crippen molar-refractivity contribution in [1.82, 2.24) is 5.32 Å². The molecule has 7 heteroatoms. The number of amides is 3. The van der Waals surface area contributed by atoms with Crippen molar-refractivity contribution in [3.8, 4) is 0 Å². The minimum Gasteiger partial charge on any atom is -0.381 e. The van der Waals surface area contributed by atoms with Crippen molar-refractivity contribution < 1.29 is 19.1 Å². The van der Waals surface area contributed by atoms with E-state index in [1.165, 1.54) is 0 Å². The minimum atomic E-state index is -0.672. The van der Waals surface area contributed by atoms with Gasteiger partial charge in [-0.2, -0.15) is 0 Å². The van der Waals surface area contributed by atoms with Gasteiger partial charge in [-0.25, -0.2) is 0 Å². The van der Waals surface area contributed by atoms with Gasteiger partial charge in [-0.15, -0.1) is 0 Å². The zero-order valence-corrected chi connectivity index (χ0v) is 18.0. The van der Waals surface area contributed by atoms with Crippen LogP contribution in [0.3, 0.4) is 0 Å². The molecule has 0 aliphatic carbocycles. The molecule has 0 radical (unpaired) electrons. The molecular weight excluding hydrogens is 406 g/mol. The van der Waals surface area contributed by atoms with E-state index < -0.39 is 11.8 Å². The van der Waals surface area contributed by atoms with Gasteiger partial charge < -0.3 is 20.3 Å². The van der Waals surface area contributed by atoms with E-state index in [1.807, 2.05) is 35.2 Å². The maximum atomic E-state index is 12.7. The van der Waals surface area contributed by atoms with Crippen LogP contribution in [0.25, 0.3) is 0 Å². The topological polar surface area (TPSA) is 87.7 Å². The van der Waals surface area contributed by atoms with Gasteiger partial charge in [0.25, 0.3) is 0 Å². The van der Waals surface area contributed by atoms with Gasteiger partial charge in [0, 0.05) is 43.8 Å². The van der Waals surface area contributed by atoms with Crippen molar-refractivity contribution in [2.75, 3.05) is 36.5 Å². The van der Waals surface area contributed by atoms with Crippen LogP contribution in [0.2, 0.25) is 0 Å². The normalized spacial score (nSPS) is 18.8. The van der Waals surface area contributed by atoms with Gasteiger partial charge in [0.2, 0.25) is 5.91 Å². The summed E-state index contributed by atoms with van der Waals surface area (Å²) in [7, 11) is 0. The quantitative estimate of drug-likeness (QED) is 0.725. The number of carbonyl (C=O) groups excluding carboxylic acids is 3. The van der Waals surface area contributed by atoms with Crippen LogP contribution in [0, 0.1) is 0 Å². The van der Waals surface area contributed by atoms with Gasteiger partial charge in [-0.1, -0.05) is 30.3 Å². The molecule has 2 N–H and O–H groups in total. The van der Waals surface area contributed by atoms with Crippen LogP contribution in [0.15, 0.2) is 42.5 Å². The first-order chi connectivity index (χ1) is 15.6. The van der Waals surface area contributed by atoms with E-state index in [2.05, 4.69) is 22.8 Å². The fourth-order valence-corrected chi connectivity index (χ4v) is 5.17. The average molecular weight is 434 g/mol. The summed E-state index contributed by atoms with van der Waals surface area (Å²) in [6, 6.07) is 13.9. The Bertz CT molecular complexity index is 1060. The summed E-state index contributed by atoms with van der Waals surface area (Å²) in [5.74, 6) is -1.15. The molecule has 3 amide bonds. The second-order valence-electron chi connectivity index (χ2n) is 8.83. The molecule has 166 valence electrons. The Morgan fingerprint density at radius 1 is 0.969 bits per heavy atom. The van der Waals surface area contributed by atoms with Crippen LogP contribution in [0.4, 0.5) is 11.4 Å². The molecule has 3 aliphatic heterocycles. The smallest absolute Gasteiger partial charge is 0.313 e. The minimum absolute atomic E-state index is 0.160. The fourth-order valence-electron chi connectivity index (χ4n) is 5.17. The summed E-state index contributed by atoms with van der Waals surface area (Å²) in [5, 5.41) is 5.61. The molecule has 3 aliphatic rings. The first kappa shape index (κ1) is 20.7. The van der Waals surface area contributed by atoms with Gasteiger partial charge in [0.1, 0.15) is 0 Å². The van der Waals surface area contributed by atoms with E-state index >= 15 is 0 Å². The van der Waals surface area contributed by atoms with Crippen LogP contribution in [-0.2, 0) is 37.4 Å². The Morgan fingerprint density at radius 2 is 1.69 bits per heavy atom. The van der Waals surface area contributed by atoms with E-state index in [1.54, 1.807) is 0 Å². The Hall–Kier alpha value is -3.19. The summed E-state index contributed by atoms with van der Waals surface area (Å²) >= 11 is 0. The predicted octanol–water partition coefficient (Wildman–Crippen LogP) is 2.33. The second-order valence-corrected chi connectivity index (χ2v) is 8.83. The second kappa shape index (κ2) is 8.39. The molecule has 7 nitrogen and oxygen atoms in total. The number of hydrogen-bond donors (Lipinski definition) is 2. The van der Waals surface area contributed by atoms with Crippen molar-refractivity contribution in [2.45, 2.75) is 37.5 Å². The van der Waals surface area contributed by atoms with Crippen LogP contribution < -0.4 is 15.5 Å². The first-order valence-corrected chi connectivity index (χ1v) is 11.2. The Balaban J connectivity index is 1.27. The summed E-state index contributed by atoms with van der Waals surface area (Å²) in [5.41, 5.74) is 4.63. The van der Waals surface area contributed by atoms with Crippen molar-refractivity contribution in [3.63, 3.8) is 0 Å². The highest BCUT2D eigenvalue weighted by Gasteiger charge is 2.35. The largest absolute Gasteiger partial charge is 0.381 e. The third-order valence-corrected chi connectivity index (χ3v) is 6.94. The van der Waals surface area contributed by atoms with E-state index in [4.69, 9.17) is 4.74 Å². The van der Waals surface area contributed by atoms with Crippen LogP contribution in [-0.4, -0.2) is 44.0 Å². The lowest BCUT2D eigenvalue weighted by molar-refractivity contribution is -0.136. The summed E-state index contributed by atoms with van der Waals surface area (Å²) < 4.78 is 5.54. The van der Waals surface area contributed by atoms with Gasteiger partial charge in [-0.05, 0) is 54.5 Å². The lowest BCUT2D eigenvalue weighted by atomic mass is 9.74. The number of anilines is 2. The summed E-state index contributed by atoms with van der Waals surface area (Å²) in [6.45, 7) is 2.34. The van der Waals surface area contributed by atoms with E-state index in [9.17, 15) is 14.4 Å². The predicted molar refractivity (Wildman–Crippen MR) is 121 cm³/mol. The molecule has 0 atom stereocenters. The molecule has 2 aromatic carbocycles. The fraction of sp³-hybridized carbons (Fsp3) is 0.400. The number of ether oxygens (including phenoxy) is 1. The third kappa shape index (κ3) is 3.77. The zero-order valence-electron chi connectivity index (χ0n) is 18.0. The number of nitrogens with zero attached hydrogens (tertiary/aromatic N) is 1. The lowest BCUT2D eigenvalue weighted by Gasteiger charge is -2.37. The molecule has 0 unspecified atom stereocenters. The van der Waals surface area contributed by atoms with Crippen LogP contribution in [0.1, 0.15) is 36.0 Å². The Labute approximate surface area is 187 Å². The Morgan fingerprint density at radius 3 is 2.44 bits per heavy atom. The van der Waals surface area contributed by atoms with Crippen LogP contribution >= 0.6 is 0 Å². The standard InChI is InChI=1S/C25H27N3O4/c29-21-7-6-17-14-20(15-18-8-11-28(21)22(17)18)27-24(31)23(30)26-16-25(9-12-32-13-10-25)19-4-2-1-3-5-19/h1-5,14-15H,6-13,16H2,(H,26,30)(H,27,31). The number of carbonyl (C=O) groups is 3. The van der Waals surface area contributed by atoms with Gasteiger partial charge in [-0.3, -0.25) is 14.4 Å². The number of rotatable bonds is 4. The molecule has 2 aromatic rings. The lowest BCUT2D eigenvalue weighted by Crippen LogP contribution is -2.47. The molecule has 1 fully saturated rings. The van der Waals surface area contributed by atoms with Crippen LogP contribution in [0.5, 0.6) is 0 Å². The number of hydrogen-bond acceptors (Lipinski definition) is 4. The monoisotopic (exact) mass is 433 g/mol. The average Bonchev–Trinajstić information content (AvgIpc) is 3.26. The van der Waals surface area contributed by atoms with E-state index in [0.717, 1.165) is 41.6 Å². The van der Waals surface area contributed by atoms with Gasteiger partial charge >= 0.3 is 11.8 Å². The molecule has 5 rings (SSSR count). The molecule has 32 heavy (non-hydrogen) atoms. The van der Waals surface area contributed by atoms with Gasteiger partial charge in [0.15, 0.2) is 0 Å². The molecule has 1 saturated heterocycles. The van der Waals surface area contributed by atoms with Crippen molar-refractivity contribution in [3.05, 3.63) is 59.2 Å².